The first-order valence-corrected chi connectivity index (χ1v) is 10.6. The van der Waals surface area contributed by atoms with E-state index in [9.17, 15) is 4.79 Å². The lowest BCUT2D eigenvalue weighted by Crippen LogP contribution is -2.08. The molecule has 5 nitrogen and oxygen atoms in total. The zero-order valence-corrected chi connectivity index (χ0v) is 18.6. The van der Waals surface area contributed by atoms with Crippen molar-refractivity contribution in [2.75, 3.05) is 26.4 Å². The number of carbonyl (C=O) groups excluding carboxylic acids is 1. The van der Waals surface area contributed by atoms with Crippen LogP contribution in [0.25, 0.3) is 6.08 Å². The smallest absolute Gasteiger partial charge is 0.193 e. The molecule has 2 aromatic rings. The van der Waals surface area contributed by atoms with Gasteiger partial charge in [0.15, 0.2) is 17.3 Å². The van der Waals surface area contributed by atoms with E-state index in [2.05, 4.69) is 6.92 Å². The van der Waals surface area contributed by atoms with Gasteiger partial charge in [0, 0.05) is 5.56 Å². The normalized spacial score (nSPS) is 10.8. The number of carbonyl (C=O) groups is 1. The maximum atomic E-state index is 13.2. The van der Waals surface area contributed by atoms with Crippen molar-refractivity contribution in [1.82, 2.24) is 0 Å². The second-order valence-electron chi connectivity index (χ2n) is 6.42. The third kappa shape index (κ3) is 5.78. The van der Waals surface area contributed by atoms with Crippen LogP contribution in [-0.2, 0) is 6.42 Å². The highest BCUT2D eigenvalue weighted by atomic mass is 16.5. The predicted molar refractivity (Wildman–Crippen MR) is 120 cm³/mol. The molecule has 0 radical (unpaired) electrons. The van der Waals surface area contributed by atoms with E-state index in [4.69, 9.17) is 18.9 Å². The topological polar surface area (TPSA) is 54.0 Å². The first kappa shape index (κ1) is 23.3. The number of benzene rings is 2. The Morgan fingerprint density at radius 3 is 1.97 bits per heavy atom. The maximum Gasteiger partial charge on any atom is 0.193 e. The Morgan fingerprint density at radius 1 is 0.767 bits per heavy atom. The van der Waals surface area contributed by atoms with Gasteiger partial charge in [-0.3, -0.25) is 4.79 Å². The molecule has 0 aliphatic carbocycles. The minimum Gasteiger partial charge on any atom is -0.493 e. The summed E-state index contributed by atoms with van der Waals surface area (Å²) in [6.07, 6.45) is 4.22. The van der Waals surface area contributed by atoms with Crippen molar-refractivity contribution in [2.45, 2.75) is 41.0 Å². The Balaban J connectivity index is 2.50. The van der Waals surface area contributed by atoms with Gasteiger partial charge < -0.3 is 18.9 Å². The van der Waals surface area contributed by atoms with Crippen molar-refractivity contribution >= 4 is 11.9 Å². The zero-order valence-electron chi connectivity index (χ0n) is 18.6. The van der Waals surface area contributed by atoms with E-state index in [1.54, 1.807) is 18.2 Å². The highest BCUT2D eigenvalue weighted by molar-refractivity contribution is 6.11. The molecule has 0 aliphatic heterocycles. The van der Waals surface area contributed by atoms with Crippen LogP contribution in [0, 0.1) is 0 Å². The summed E-state index contributed by atoms with van der Waals surface area (Å²) < 4.78 is 22.9. The molecule has 0 spiro atoms. The second kappa shape index (κ2) is 11.9. The summed E-state index contributed by atoms with van der Waals surface area (Å²) in [6, 6.07) is 9.55. The lowest BCUT2D eigenvalue weighted by Gasteiger charge is -2.17. The Bertz CT molecular complexity index is 870. The molecule has 5 heteroatoms. The molecule has 162 valence electrons. The van der Waals surface area contributed by atoms with Gasteiger partial charge in [-0.1, -0.05) is 13.0 Å². The minimum atomic E-state index is -0.215. The van der Waals surface area contributed by atoms with Crippen molar-refractivity contribution in [2.24, 2.45) is 0 Å². The van der Waals surface area contributed by atoms with Gasteiger partial charge in [-0.15, -0.1) is 0 Å². The largest absolute Gasteiger partial charge is 0.493 e. The number of rotatable bonds is 12. The first-order chi connectivity index (χ1) is 14.6. The monoisotopic (exact) mass is 412 g/mol. The molecule has 0 saturated carbocycles. The number of ether oxygens (including phenoxy) is 4. The maximum absolute atomic E-state index is 13.2. The van der Waals surface area contributed by atoms with Crippen LogP contribution in [0.1, 0.15) is 56.1 Å². The van der Waals surface area contributed by atoms with E-state index in [-0.39, 0.29) is 5.78 Å². The Labute approximate surface area is 179 Å². The second-order valence-corrected chi connectivity index (χ2v) is 6.42. The quantitative estimate of drug-likeness (QED) is 0.329. The average molecular weight is 413 g/mol. The molecule has 0 N–H and O–H groups in total. The fraction of sp³-hybridized carbons (Fsp3) is 0.400. The van der Waals surface area contributed by atoms with Crippen LogP contribution in [0.4, 0.5) is 0 Å². The standard InChI is InChI=1S/C25H32O5/c1-6-18-11-14-21(27-7-2)19(17-18)12-13-20(26)24-22(28-8-3)15-16-23(29-9-4)25(24)30-10-5/h11-17H,6-10H2,1-5H3. The van der Waals surface area contributed by atoms with E-state index < -0.39 is 0 Å². The van der Waals surface area contributed by atoms with Crippen LogP contribution >= 0.6 is 0 Å². The van der Waals surface area contributed by atoms with Crippen molar-refractivity contribution in [3.63, 3.8) is 0 Å². The van der Waals surface area contributed by atoms with E-state index in [0.717, 1.165) is 17.7 Å². The Hall–Kier alpha value is -2.95. The lowest BCUT2D eigenvalue weighted by molar-refractivity contribution is 0.103. The summed E-state index contributed by atoms with van der Waals surface area (Å²) in [6.45, 7) is 11.6. The SMILES string of the molecule is CCOc1ccc(CC)cc1C=CC(=O)c1c(OCC)ccc(OCC)c1OCC. The number of ketones is 1. The summed E-state index contributed by atoms with van der Waals surface area (Å²) in [5, 5.41) is 0. The molecule has 2 rings (SSSR count). The number of allylic oxidation sites excluding steroid dienone is 1. The molecule has 0 amide bonds. The molecule has 0 aromatic heterocycles. The molecule has 0 fully saturated rings. The lowest BCUT2D eigenvalue weighted by atomic mass is 10.0. The van der Waals surface area contributed by atoms with Crippen LogP contribution in [0.3, 0.4) is 0 Å². The molecule has 0 unspecified atom stereocenters. The first-order valence-electron chi connectivity index (χ1n) is 10.6. The van der Waals surface area contributed by atoms with Crippen LogP contribution in [0.5, 0.6) is 23.0 Å². The minimum absolute atomic E-state index is 0.215. The zero-order chi connectivity index (χ0) is 21.9. The Kier molecular flexibility index (Phi) is 9.26. The molecule has 2 aromatic carbocycles. The fourth-order valence-corrected chi connectivity index (χ4v) is 3.10. The van der Waals surface area contributed by atoms with Crippen molar-refractivity contribution in [1.29, 1.82) is 0 Å². The summed E-state index contributed by atoms with van der Waals surface area (Å²) in [7, 11) is 0. The van der Waals surface area contributed by atoms with Gasteiger partial charge >= 0.3 is 0 Å². The van der Waals surface area contributed by atoms with Gasteiger partial charge in [0.05, 0.1) is 26.4 Å². The van der Waals surface area contributed by atoms with Gasteiger partial charge in [0.2, 0.25) is 0 Å². The van der Waals surface area contributed by atoms with E-state index >= 15 is 0 Å². The number of aryl methyl sites for hydroxylation is 1. The van der Waals surface area contributed by atoms with Crippen molar-refractivity contribution in [3.8, 4) is 23.0 Å². The summed E-state index contributed by atoms with van der Waals surface area (Å²) in [4.78, 5) is 13.2. The van der Waals surface area contributed by atoms with E-state index in [1.807, 2.05) is 45.9 Å². The molecule has 0 saturated heterocycles. The third-order valence-corrected chi connectivity index (χ3v) is 4.41. The molecule has 0 bridgehead atoms. The molecule has 0 aliphatic rings. The molecular formula is C25H32O5. The van der Waals surface area contributed by atoms with Gasteiger partial charge in [-0.2, -0.15) is 0 Å². The number of hydrogen-bond donors (Lipinski definition) is 0. The average Bonchev–Trinajstić information content (AvgIpc) is 2.75. The van der Waals surface area contributed by atoms with Crippen LogP contribution in [0.15, 0.2) is 36.4 Å². The van der Waals surface area contributed by atoms with E-state index in [0.29, 0.717) is 49.2 Å². The van der Waals surface area contributed by atoms with Crippen LogP contribution in [0.2, 0.25) is 0 Å². The van der Waals surface area contributed by atoms with Gasteiger partial charge in [0.1, 0.15) is 17.1 Å². The molecule has 0 atom stereocenters. The van der Waals surface area contributed by atoms with E-state index in [1.165, 1.54) is 11.6 Å². The summed E-state index contributed by atoms with van der Waals surface area (Å²) in [5.41, 5.74) is 2.40. The van der Waals surface area contributed by atoms with Gasteiger partial charge in [0.25, 0.3) is 0 Å². The van der Waals surface area contributed by atoms with Crippen LogP contribution in [-0.4, -0.2) is 32.2 Å². The summed E-state index contributed by atoms with van der Waals surface area (Å²) in [5.74, 6) is 1.95. The van der Waals surface area contributed by atoms with Gasteiger partial charge in [-0.05, 0) is 76.1 Å². The third-order valence-electron chi connectivity index (χ3n) is 4.41. The number of hydrogen-bond acceptors (Lipinski definition) is 5. The highest BCUT2D eigenvalue weighted by Gasteiger charge is 2.22. The molecule has 30 heavy (non-hydrogen) atoms. The fourth-order valence-electron chi connectivity index (χ4n) is 3.10. The highest BCUT2D eigenvalue weighted by Crippen LogP contribution is 2.38. The van der Waals surface area contributed by atoms with Crippen molar-refractivity contribution in [3.05, 3.63) is 53.1 Å². The summed E-state index contributed by atoms with van der Waals surface area (Å²) >= 11 is 0. The molecule has 0 heterocycles. The Morgan fingerprint density at radius 2 is 1.33 bits per heavy atom. The molecular weight excluding hydrogens is 380 g/mol. The van der Waals surface area contributed by atoms with Crippen LogP contribution < -0.4 is 18.9 Å². The predicted octanol–water partition coefficient (Wildman–Crippen LogP) is 5.74. The van der Waals surface area contributed by atoms with Crippen molar-refractivity contribution < 1.29 is 23.7 Å². The van der Waals surface area contributed by atoms with Gasteiger partial charge in [-0.25, -0.2) is 0 Å².